The lowest BCUT2D eigenvalue weighted by Crippen LogP contribution is -2.07. The van der Waals surface area contributed by atoms with E-state index in [-0.39, 0.29) is 0 Å². The summed E-state index contributed by atoms with van der Waals surface area (Å²) < 4.78 is 0.975. The van der Waals surface area contributed by atoms with Gasteiger partial charge < -0.3 is 5.73 Å². The van der Waals surface area contributed by atoms with Crippen LogP contribution in [-0.2, 0) is 0 Å². The first-order valence-corrected chi connectivity index (χ1v) is 8.68. The highest BCUT2D eigenvalue weighted by molar-refractivity contribution is 14.1. The maximum absolute atomic E-state index is 6.08. The average Bonchev–Trinajstić information content (AvgIpc) is 2.98. The quantitative estimate of drug-likeness (QED) is 0.654. The molecule has 0 bridgehead atoms. The Morgan fingerprint density at radius 1 is 1.10 bits per heavy atom. The molecule has 0 amide bonds. The minimum absolute atomic E-state index is 0.490. The van der Waals surface area contributed by atoms with Gasteiger partial charge in [0.15, 0.2) is 5.82 Å². The van der Waals surface area contributed by atoms with Gasteiger partial charge in [-0.3, -0.25) is 0 Å². The number of nitrogen functional groups attached to an aromatic ring is 1. The molecule has 0 radical (unpaired) electrons. The van der Waals surface area contributed by atoms with Crippen LogP contribution >= 0.6 is 45.8 Å². The molecule has 3 nitrogen and oxygen atoms in total. The van der Waals surface area contributed by atoms with Crippen molar-refractivity contribution >= 4 is 51.6 Å². The second-order valence-corrected chi connectivity index (χ2v) is 7.14. The number of aromatic nitrogens is 2. The van der Waals surface area contributed by atoms with Gasteiger partial charge in [0.2, 0.25) is 0 Å². The van der Waals surface area contributed by atoms with Gasteiger partial charge in [-0.2, -0.15) is 0 Å². The molecule has 21 heavy (non-hydrogen) atoms. The summed E-state index contributed by atoms with van der Waals surface area (Å²) >= 11 is 14.3. The Balaban J connectivity index is 2.08. The summed E-state index contributed by atoms with van der Waals surface area (Å²) in [6.45, 7) is 0. The first-order chi connectivity index (χ1) is 10.1. The minimum atomic E-state index is 0.490. The van der Waals surface area contributed by atoms with Crippen molar-refractivity contribution in [3.05, 3.63) is 37.5 Å². The Morgan fingerprint density at radius 3 is 2.48 bits per heavy atom. The Morgan fingerprint density at radius 2 is 1.81 bits per heavy atom. The van der Waals surface area contributed by atoms with Gasteiger partial charge in [0, 0.05) is 11.5 Å². The third-order valence-corrected chi connectivity index (χ3v) is 5.67. The second kappa shape index (κ2) is 6.26. The highest BCUT2D eigenvalue weighted by Crippen LogP contribution is 2.37. The molecule has 110 valence electrons. The molecule has 1 aliphatic rings. The summed E-state index contributed by atoms with van der Waals surface area (Å²) in [5, 5.41) is 1.02. The van der Waals surface area contributed by atoms with Crippen molar-refractivity contribution in [2.45, 2.75) is 31.6 Å². The molecule has 1 fully saturated rings. The first kappa shape index (κ1) is 15.3. The first-order valence-electron chi connectivity index (χ1n) is 6.84. The van der Waals surface area contributed by atoms with Crippen LogP contribution in [0, 0.1) is 3.57 Å². The van der Waals surface area contributed by atoms with Crippen LogP contribution in [0.4, 0.5) is 5.82 Å². The zero-order valence-electron chi connectivity index (χ0n) is 11.2. The largest absolute Gasteiger partial charge is 0.383 e. The number of hydrogen-bond acceptors (Lipinski definition) is 3. The van der Waals surface area contributed by atoms with Crippen LogP contribution < -0.4 is 5.73 Å². The molecule has 0 spiro atoms. The lowest BCUT2D eigenvalue weighted by molar-refractivity contribution is 0.691. The van der Waals surface area contributed by atoms with Crippen LogP contribution in [0.5, 0.6) is 0 Å². The Hall–Kier alpha value is -0.590. The van der Waals surface area contributed by atoms with Crippen LogP contribution in [0.2, 0.25) is 10.0 Å². The standard InChI is InChI=1S/C15H14Cl2IN3/c16-10-6-5-9(7-11(10)17)15-20-13(8-3-1-2-4-8)12(18)14(19)21-15/h5-8H,1-4H2,(H2,19,20,21). The molecule has 6 heteroatoms. The number of hydrogen-bond donors (Lipinski definition) is 1. The van der Waals surface area contributed by atoms with Gasteiger partial charge >= 0.3 is 0 Å². The molecule has 0 aliphatic heterocycles. The van der Waals surface area contributed by atoms with E-state index in [0.717, 1.165) is 14.8 Å². The SMILES string of the molecule is Nc1nc(-c2ccc(Cl)c(Cl)c2)nc(C2CCCC2)c1I. The average molecular weight is 434 g/mol. The highest BCUT2D eigenvalue weighted by Gasteiger charge is 2.23. The molecule has 0 atom stereocenters. The van der Waals surface area contributed by atoms with E-state index in [9.17, 15) is 0 Å². The van der Waals surface area contributed by atoms with E-state index in [4.69, 9.17) is 33.9 Å². The summed E-state index contributed by atoms with van der Waals surface area (Å²) in [5.74, 6) is 1.64. The molecular formula is C15H14Cl2IN3. The summed E-state index contributed by atoms with van der Waals surface area (Å²) in [4.78, 5) is 9.16. The fraction of sp³-hybridized carbons (Fsp3) is 0.333. The van der Waals surface area contributed by atoms with Crippen LogP contribution in [0.3, 0.4) is 0 Å². The predicted octanol–water partition coefficient (Wildman–Crippen LogP) is 5.29. The molecule has 0 unspecified atom stereocenters. The molecule has 2 aromatic rings. The number of benzene rings is 1. The molecule has 1 aromatic heterocycles. The van der Waals surface area contributed by atoms with Crippen molar-refractivity contribution in [1.29, 1.82) is 0 Å². The predicted molar refractivity (Wildman–Crippen MR) is 95.8 cm³/mol. The minimum Gasteiger partial charge on any atom is -0.383 e. The summed E-state index contributed by atoms with van der Waals surface area (Å²) in [6, 6.07) is 5.41. The second-order valence-electron chi connectivity index (χ2n) is 5.24. The maximum atomic E-state index is 6.08. The van der Waals surface area contributed by atoms with E-state index >= 15 is 0 Å². The van der Waals surface area contributed by atoms with E-state index < -0.39 is 0 Å². The molecule has 1 aromatic carbocycles. The van der Waals surface area contributed by atoms with Gasteiger partial charge in [0.1, 0.15) is 5.82 Å². The monoisotopic (exact) mass is 433 g/mol. The zero-order chi connectivity index (χ0) is 15.0. The maximum Gasteiger partial charge on any atom is 0.161 e. The van der Waals surface area contributed by atoms with Crippen LogP contribution in [0.1, 0.15) is 37.3 Å². The van der Waals surface area contributed by atoms with Gasteiger partial charge in [-0.1, -0.05) is 36.0 Å². The summed E-state index contributed by atoms with van der Waals surface area (Å²) in [6.07, 6.45) is 4.86. The summed E-state index contributed by atoms with van der Waals surface area (Å²) in [7, 11) is 0. The van der Waals surface area contributed by atoms with E-state index in [1.807, 2.05) is 6.07 Å². The molecule has 1 saturated carbocycles. The Kier molecular flexibility index (Phi) is 4.57. The van der Waals surface area contributed by atoms with E-state index in [2.05, 4.69) is 27.6 Å². The number of anilines is 1. The third kappa shape index (κ3) is 3.12. The number of rotatable bonds is 2. The van der Waals surface area contributed by atoms with Gasteiger partial charge in [-0.05, 0) is 53.6 Å². The van der Waals surface area contributed by atoms with Crippen LogP contribution in [0.25, 0.3) is 11.4 Å². The van der Waals surface area contributed by atoms with Crippen molar-refractivity contribution in [1.82, 2.24) is 9.97 Å². The van der Waals surface area contributed by atoms with Gasteiger partial charge in [-0.15, -0.1) is 0 Å². The lowest BCUT2D eigenvalue weighted by Gasteiger charge is -2.14. The molecule has 2 N–H and O–H groups in total. The van der Waals surface area contributed by atoms with E-state index in [1.54, 1.807) is 12.1 Å². The van der Waals surface area contributed by atoms with Gasteiger partial charge in [0.25, 0.3) is 0 Å². The Bertz CT molecular complexity index is 685. The van der Waals surface area contributed by atoms with Gasteiger partial charge in [-0.25, -0.2) is 9.97 Å². The lowest BCUT2D eigenvalue weighted by atomic mass is 10.0. The fourth-order valence-corrected chi connectivity index (χ4v) is 3.70. The van der Waals surface area contributed by atoms with E-state index in [0.29, 0.717) is 27.6 Å². The van der Waals surface area contributed by atoms with Crippen LogP contribution in [0.15, 0.2) is 18.2 Å². The van der Waals surface area contributed by atoms with Crippen molar-refractivity contribution in [2.24, 2.45) is 0 Å². The molecule has 1 aliphatic carbocycles. The van der Waals surface area contributed by atoms with Crippen molar-refractivity contribution < 1.29 is 0 Å². The number of nitrogens with two attached hydrogens (primary N) is 1. The van der Waals surface area contributed by atoms with Crippen molar-refractivity contribution in [3.63, 3.8) is 0 Å². The molecular weight excluding hydrogens is 420 g/mol. The topological polar surface area (TPSA) is 51.8 Å². The third-order valence-electron chi connectivity index (χ3n) is 3.82. The number of halogens is 3. The number of nitrogens with zero attached hydrogens (tertiary/aromatic N) is 2. The highest BCUT2D eigenvalue weighted by atomic mass is 127. The smallest absolute Gasteiger partial charge is 0.161 e. The van der Waals surface area contributed by atoms with E-state index in [1.165, 1.54) is 25.7 Å². The zero-order valence-corrected chi connectivity index (χ0v) is 14.9. The summed E-state index contributed by atoms with van der Waals surface area (Å²) in [5.41, 5.74) is 7.99. The normalized spacial score (nSPS) is 15.6. The van der Waals surface area contributed by atoms with Crippen molar-refractivity contribution in [2.75, 3.05) is 5.73 Å². The van der Waals surface area contributed by atoms with Crippen molar-refractivity contribution in [3.8, 4) is 11.4 Å². The Labute approximate surface area is 147 Å². The van der Waals surface area contributed by atoms with Gasteiger partial charge in [0.05, 0.1) is 19.3 Å². The van der Waals surface area contributed by atoms with Crippen LogP contribution in [-0.4, -0.2) is 9.97 Å². The molecule has 3 rings (SSSR count). The molecule has 1 heterocycles. The fourth-order valence-electron chi connectivity index (χ4n) is 2.72. The molecule has 0 saturated heterocycles.